The van der Waals surface area contributed by atoms with E-state index in [9.17, 15) is 18.0 Å². The van der Waals surface area contributed by atoms with Crippen LogP contribution in [0.5, 0.6) is 0 Å². The van der Waals surface area contributed by atoms with Crippen LogP contribution in [0.3, 0.4) is 0 Å². The van der Waals surface area contributed by atoms with Gasteiger partial charge in [0.15, 0.2) is 5.96 Å². The molecule has 0 bridgehead atoms. The van der Waals surface area contributed by atoms with Crippen molar-refractivity contribution in [2.45, 2.75) is 77.5 Å². The Morgan fingerprint density at radius 3 is 2.13 bits per heavy atom. The van der Waals surface area contributed by atoms with Gasteiger partial charge in [0.25, 0.3) is 10.0 Å². The number of nitrogens with zero attached hydrogens (tertiary/aromatic N) is 2. The summed E-state index contributed by atoms with van der Waals surface area (Å²) in [6.45, 7) is 9.97. The Morgan fingerprint density at radius 2 is 1.61 bits per heavy atom. The van der Waals surface area contributed by atoms with Crippen LogP contribution >= 0.6 is 0 Å². The number of sulfonamides is 1. The fourth-order valence-corrected chi connectivity index (χ4v) is 5.91. The Kier molecular flexibility index (Phi) is 10.3. The Hall–Kier alpha value is -3.60. The Bertz CT molecular complexity index is 1240. The van der Waals surface area contributed by atoms with Gasteiger partial charge in [-0.05, 0) is 71.1 Å². The first kappa shape index (κ1) is 30.6. The summed E-state index contributed by atoms with van der Waals surface area (Å²) in [6.07, 6.45) is -1.07. The predicted octanol–water partition coefficient (Wildman–Crippen LogP) is 3.70. The molecule has 0 aromatic heterocycles. The molecule has 0 aliphatic rings. The van der Waals surface area contributed by atoms with Gasteiger partial charge in [-0.2, -0.15) is 4.31 Å². The SMILES string of the molecule is Cc1cc(C)c(S(=O)(=O)N(C(=O)OC(C)(C)C)[C@@H](CCCN=C(N)N)C(=O)OCc2ccccc2)c(C)c1. The topological polar surface area (TPSA) is 154 Å². The van der Waals surface area contributed by atoms with Gasteiger partial charge in [-0.15, -0.1) is 0 Å². The normalized spacial score (nSPS) is 12.4. The molecule has 0 heterocycles. The molecule has 11 heteroatoms. The highest BCUT2D eigenvalue weighted by Gasteiger charge is 2.43. The summed E-state index contributed by atoms with van der Waals surface area (Å²) in [7, 11) is -4.56. The number of rotatable bonds is 10. The minimum Gasteiger partial charge on any atom is -0.459 e. The van der Waals surface area contributed by atoms with E-state index in [0.29, 0.717) is 21.0 Å². The molecule has 2 aromatic rings. The molecule has 1 amide bonds. The third-order valence-corrected chi connectivity index (χ3v) is 7.49. The summed E-state index contributed by atoms with van der Waals surface area (Å²) in [5.74, 6) is -1.04. The zero-order valence-corrected chi connectivity index (χ0v) is 23.7. The van der Waals surface area contributed by atoms with Crippen molar-refractivity contribution in [3.63, 3.8) is 0 Å². The van der Waals surface area contributed by atoms with E-state index in [1.165, 1.54) is 0 Å². The number of hydrogen-bond acceptors (Lipinski definition) is 7. The van der Waals surface area contributed by atoms with Gasteiger partial charge in [0, 0.05) is 6.54 Å². The average molecular weight is 547 g/mol. The van der Waals surface area contributed by atoms with Gasteiger partial charge in [-0.25, -0.2) is 18.0 Å². The van der Waals surface area contributed by atoms with Crippen LogP contribution in [-0.2, 0) is 30.9 Å². The van der Waals surface area contributed by atoms with Crippen LogP contribution < -0.4 is 11.5 Å². The quantitative estimate of drug-likeness (QED) is 0.198. The highest BCUT2D eigenvalue weighted by molar-refractivity contribution is 7.89. The van der Waals surface area contributed by atoms with Crippen LogP contribution in [0, 0.1) is 20.8 Å². The standard InChI is InChI=1S/C27H38N4O6S/c1-18-15-19(2)23(20(3)16-18)38(34,35)31(26(33)37-27(4,5)6)22(13-10-14-30-25(28)29)24(32)36-17-21-11-8-7-9-12-21/h7-9,11-12,15-16,22H,10,13-14,17H2,1-6H3,(H4,28,29,30)/t22-/m0/s1. The van der Waals surface area contributed by atoms with Crippen molar-refractivity contribution >= 4 is 28.0 Å². The second-order valence-electron chi connectivity index (χ2n) is 10.1. The molecule has 0 aliphatic carbocycles. The lowest BCUT2D eigenvalue weighted by atomic mass is 10.1. The number of hydrogen-bond donors (Lipinski definition) is 2. The molecule has 0 aliphatic heterocycles. The average Bonchev–Trinajstić information content (AvgIpc) is 2.77. The lowest BCUT2D eigenvalue weighted by molar-refractivity contribution is -0.149. The highest BCUT2D eigenvalue weighted by atomic mass is 32.2. The van der Waals surface area contributed by atoms with Crippen molar-refractivity contribution < 1.29 is 27.5 Å². The van der Waals surface area contributed by atoms with Gasteiger partial charge in [-0.1, -0.05) is 48.0 Å². The number of carbonyl (C=O) groups excluding carboxylic acids is 2. The maximum atomic E-state index is 14.1. The van der Waals surface area contributed by atoms with Crippen molar-refractivity contribution in [2.24, 2.45) is 16.5 Å². The Morgan fingerprint density at radius 1 is 1.03 bits per heavy atom. The second-order valence-corrected chi connectivity index (χ2v) is 11.8. The number of benzene rings is 2. The number of aliphatic imine (C=N–C) groups is 1. The summed E-state index contributed by atoms with van der Waals surface area (Å²) in [6, 6.07) is 10.8. The zero-order chi connectivity index (χ0) is 28.7. The summed E-state index contributed by atoms with van der Waals surface area (Å²) in [4.78, 5) is 30.8. The summed E-state index contributed by atoms with van der Waals surface area (Å²) in [5, 5.41) is 0. The number of nitrogens with two attached hydrogens (primary N) is 2. The van der Waals surface area contributed by atoms with Crippen molar-refractivity contribution in [1.82, 2.24) is 4.31 Å². The third kappa shape index (κ3) is 8.47. The smallest absolute Gasteiger partial charge is 0.425 e. The van der Waals surface area contributed by atoms with Crippen LogP contribution in [0.25, 0.3) is 0 Å². The van der Waals surface area contributed by atoms with E-state index in [-0.39, 0.29) is 36.8 Å². The second kappa shape index (κ2) is 12.8. The maximum Gasteiger partial charge on any atom is 0.425 e. The summed E-state index contributed by atoms with van der Waals surface area (Å²) in [5.41, 5.74) is 12.2. The van der Waals surface area contributed by atoms with Crippen LogP contribution in [0.1, 0.15) is 55.9 Å². The van der Waals surface area contributed by atoms with Gasteiger partial charge in [0.1, 0.15) is 18.2 Å². The number of esters is 1. The van der Waals surface area contributed by atoms with Gasteiger partial charge in [0.05, 0.1) is 4.90 Å². The fourth-order valence-electron chi connectivity index (χ4n) is 4.02. The van der Waals surface area contributed by atoms with Crippen LogP contribution in [0.15, 0.2) is 52.4 Å². The van der Waals surface area contributed by atoms with Gasteiger partial charge < -0.3 is 20.9 Å². The van der Waals surface area contributed by atoms with Crippen molar-refractivity contribution in [2.75, 3.05) is 6.54 Å². The van der Waals surface area contributed by atoms with E-state index in [0.717, 1.165) is 5.56 Å². The monoisotopic (exact) mass is 546 g/mol. The molecule has 2 rings (SSSR count). The molecular weight excluding hydrogens is 508 g/mol. The van der Waals surface area contributed by atoms with E-state index in [2.05, 4.69) is 4.99 Å². The van der Waals surface area contributed by atoms with Crippen molar-refractivity contribution in [3.8, 4) is 0 Å². The number of aryl methyl sites for hydroxylation is 3. The first-order valence-corrected chi connectivity index (χ1v) is 13.7. The molecule has 10 nitrogen and oxygen atoms in total. The molecule has 2 aromatic carbocycles. The largest absolute Gasteiger partial charge is 0.459 e. The number of amides is 1. The number of carbonyl (C=O) groups is 2. The Labute approximate surface area is 225 Å². The molecule has 0 spiro atoms. The van der Waals surface area contributed by atoms with Crippen LogP contribution in [-0.4, -0.2) is 48.9 Å². The first-order valence-electron chi connectivity index (χ1n) is 12.2. The number of guanidine groups is 1. The van der Waals surface area contributed by atoms with Crippen molar-refractivity contribution in [3.05, 3.63) is 64.7 Å². The first-order chi connectivity index (χ1) is 17.6. The lowest BCUT2D eigenvalue weighted by Gasteiger charge is -2.32. The van der Waals surface area contributed by atoms with E-state index in [1.807, 2.05) is 13.0 Å². The molecular formula is C27H38N4O6S. The zero-order valence-electron chi connectivity index (χ0n) is 22.9. The van der Waals surface area contributed by atoms with Gasteiger partial charge in [0.2, 0.25) is 0 Å². The molecule has 0 saturated carbocycles. The van der Waals surface area contributed by atoms with Crippen LogP contribution in [0.2, 0.25) is 0 Å². The molecule has 4 N–H and O–H groups in total. The molecule has 0 unspecified atom stereocenters. The molecule has 0 fully saturated rings. The minimum atomic E-state index is -4.56. The summed E-state index contributed by atoms with van der Waals surface area (Å²) < 4.78 is 39.7. The van der Waals surface area contributed by atoms with E-state index >= 15 is 0 Å². The van der Waals surface area contributed by atoms with E-state index in [4.69, 9.17) is 20.9 Å². The predicted molar refractivity (Wildman–Crippen MR) is 146 cm³/mol. The van der Waals surface area contributed by atoms with Crippen molar-refractivity contribution in [1.29, 1.82) is 0 Å². The molecule has 1 atom stereocenters. The maximum absolute atomic E-state index is 14.1. The van der Waals surface area contributed by atoms with Gasteiger partial charge in [-0.3, -0.25) is 4.99 Å². The molecule has 0 radical (unpaired) electrons. The van der Waals surface area contributed by atoms with E-state index < -0.39 is 33.7 Å². The minimum absolute atomic E-state index is 0.0703. The molecule has 38 heavy (non-hydrogen) atoms. The lowest BCUT2D eigenvalue weighted by Crippen LogP contribution is -2.51. The Balaban J connectivity index is 2.60. The summed E-state index contributed by atoms with van der Waals surface area (Å²) >= 11 is 0. The van der Waals surface area contributed by atoms with Gasteiger partial charge >= 0.3 is 12.1 Å². The molecule has 0 saturated heterocycles. The highest BCUT2D eigenvalue weighted by Crippen LogP contribution is 2.30. The number of ether oxygens (including phenoxy) is 2. The van der Waals surface area contributed by atoms with E-state index in [1.54, 1.807) is 71.0 Å². The fraction of sp³-hybridized carbons (Fsp3) is 0.444. The third-order valence-electron chi connectivity index (χ3n) is 5.40. The molecule has 208 valence electrons. The van der Waals surface area contributed by atoms with Crippen LogP contribution in [0.4, 0.5) is 4.79 Å².